The number of nitrogens with two attached hydrogens (primary N) is 1. The molecule has 3 heterocycles. The predicted octanol–water partition coefficient (Wildman–Crippen LogP) is 4.06. The zero-order valence-electron chi connectivity index (χ0n) is 27.0. The Morgan fingerprint density at radius 1 is 0.894 bits per heavy atom. The maximum atomic E-state index is 13.3. The summed E-state index contributed by atoms with van der Waals surface area (Å²) in [5.41, 5.74) is 8.37. The van der Waals surface area contributed by atoms with Crippen LogP contribution in [0.3, 0.4) is 0 Å². The van der Waals surface area contributed by atoms with E-state index < -0.39 is 59.5 Å². The number of amides is 2. The largest absolute Gasteiger partial charge is 0.463 e. The van der Waals surface area contributed by atoms with Crippen molar-refractivity contribution in [3.05, 3.63) is 119 Å². The highest BCUT2D eigenvalue weighted by atomic mass is 16.8. The molecule has 0 spiro atoms. The maximum absolute atomic E-state index is 13.3. The molecular formula is C37H40N2O8. The number of fused-ring (bicyclic) bond motifs is 1. The Balaban J connectivity index is 1.40. The van der Waals surface area contributed by atoms with Crippen LogP contribution in [0.5, 0.6) is 0 Å². The third-order valence-corrected chi connectivity index (χ3v) is 9.00. The number of rotatable bonds is 10. The Bertz CT molecular complexity index is 1550. The first-order valence-electron chi connectivity index (χ1n) is 15.9. The summed E-state index contributed by atoms with van der Waals surface area (Å²) >= 11 is 0. The summed E-state index contributed by atoms with van der Waals surface area (Å²) in [5.74, 6) is -3.80. The van der Waals surface area contributed by atoms with Crippen molar-refractivity contribution in [2.45, 2.75) is 63.0 Å². The average Bonchev–Trinajstić information content (AvgIpc) is 3.66. The van der Waals surface area contributed by atoms with Crippen LogP contribution in [-0.2, 0) is 43.7 Å². The van der Waals surface area contributed by atoms with Crippen molar-refractivity contribution in [3.8, 4) is 0 Å². The summed E-state index contributed by atoms with van der Waals surface area (Å²) in [7, 11) is 1.38. The van der Waals surface area contributed by atoms with Crippen molar-refractivity contribution in [2.24, 2.45) is 11.7 Å². The van der Waals surface area contributed by atoms with Crippen LogP contribution in [0, 0.1) is 5.92 Å². The van der Waals surface area contributed by atoms with Gasteiger partial charge >= 0.3 is 5.97 Å². The lowest BCUT2D eigenvalue weighted by Gasteiger charge is -2.37. The van der Waals surface area contributed by atoms with Crippen LogP contribution < -0.4 is 5.73 Å². The van der Waals surface area contributed by atoms with Gasteiger partial charge in [0.1, 0.15) is 30.0 Å². The van der Waals surface area contributed by atoms with E-state index >= 15 is 0 Å². The van der Waals surface area contributed by atoms with E-state index in [0.717, 1.165) is 21.6 Å². The number of hydrogen-bond acceptors (Lipinski definition) is 9. The van der Waals surface area contributed by atoms with Crippen molar-refractivity contribution < 1.29 is 38.1 Å². The summed E-state index contributed by atoms with van der Waals surface area (Å²) < 4.78 is 31.6. The summed E-state index contributed by atoms with van der Waals surface area (Å²) in [6.07, 6.45) is -3.22. The molecule has 5 atom stereocenters. The molecule has 0 saturated carbocycles. The van der Waals surface area contributed by atoms with Gasteiger partial charge in [-0.2, -0.15) is 0 Å². The SMILES string of the molecule is CCOC(=O)/C(=C(\N)C1OC(COC(c2ccccc2)(c2ccccc2)c2ccccc2)C2OC(C)(C)OC12)C1CC(=O)N(C)C1=O. The van der Waals surface area contributed by atoms with E-state index in [1.54, 1.807) is 20.8 Å². The van der Waals surface area contributed by atoms with Crippen LogP contribution >= 0.6 is 0 Å². The standard InChI is InChI=1S/C37H40N2O8/c1-5-43-35(42)29(26-21-28(40)39(4)34(26)41)30(38)32-33-31(46-36(2,3)47-33)27(45-32)22-44-37(23-15-9-6-10-16-23,24-17-11-7-12-18-24)25-19-13-8-14-20-25/h6-20,26-27,31-33H,5,21-22,38H2,1-4H3/b30-29-. The molecule has 0 bridgehead atoms. The zero-order valence-corrected chi connectivity index (χ0v) is 27.0. The molecule has 6 rings (SSSR count). The minimum Gasteiger partial charge on any atom is -0.463 e. The van der Waals surface area contributed by atoms with Crippen LogP contribution in [0.4, 0.5) is 0 Å². The van der Waals surface area contributed by atoms with Crippen LogP contribution in [0.25, 0.3) is 0 Å². The molecule has 0 aromatic heterocycles. The highest BCUT2D eigenvalue weighted by molar-refractivity contribution is 6.09. The summed E-state index contributed by atoms with van der Waals surface area (Å²) in [4.78, 5) is 39.9. The Kier molecular flexibility index (Phi) is 9.04. The van der Waals surface area contributed by atoms with Gasteiger partial charge in [-0.3, -0.25) is 14.5 Å². The number of likely N-dealkylation sites (tertiary alicyclic amines) is 1. The first-order valence-corrected chi connectivity index (χ1v) is 15.9. The Morgan fingerprint density at radius 2 is 1.40 bits per heavy atom. The van der Waals surface area contributed by atoms with E-state index in [-0.39, 0.29) is 30.9 Å². The molecule has 2 N–H and O–H groups in total. The monoisotopic (exact) mass is 640 g/mol. The van der Waals surface area contributed by atoms with Gasteiger partial charge in [-0.05, 0) is 37.5 Å². The van der Waals surface area contributed by atoms with Crippen LogP contribution in [0.1, 0.15) is 43.9 Å². The van der Waals surface area contributed by atoms with Crippen molar-refractivity contribution in [3.63, 3.8) is 0 Å². The minimum absolute atomic E-state index is 0.0239. The third-order valence-electron chi connectivity index (χ3n) is 9.00. The Labute approximate surface area is 274 Å². The van der Waals surface area contributed by atoms with Crippen LogP contribution in [0.2, 0.25) is 0 Å². The fourth-order valence-corrected chi connectivity index (χ4v) is 6.85. The number of nitrogens with zero attached hydrogens (tertiary/aromatic N) is 1. The second-order valence-corrected chi connectivity index (χ2v) is 12.4. The minimum atomic E-state index is -1.10. The number of ether oxygens (including phenoxy) is 5. The molecule has 3 aromatic rings. The molecule has 5 unspecified atom stereocenters. The molecule has 2 amide bonds. The van der Waals surface area contributed by atoms with Crippen LogP contribution in [0.15, 0.2) is 102 Å². The second kappa shape index (κ2) is 13.0. The topological polar surface area (TPSA) is 127 Å². The van der Waals surface area contributed by atoms with E-state index in [9.17, 15) is 14.4 Å². The number of hydrogen-bond donors (Lipinski definition) is 1. The van der Waals surface area contributed by atoms with Crippen molar-refractivity contribution in [2.75, 3.05) is 20.3 Å². The number of esters is 1. The number of imide groups is 1. The normalized spacial score (nSPS) is 25.9. The Hall–Kier alpha value is -4.35. The third kappa shape index (κ3) is 5.98. The molecule has 0 aliphatic carbocycles. The first-order chi connectivity index (χ1) is 22.6. The molecule has 47 heavy (non-hydrogen) atoms. The molecule has 3 saturated heterocycles. The summed E-state index contributed by atoms with van der Waals surface area (Å²) in [6, 6.07) is 29.9. The Morgan fingerprint density at radius 3 is 1.87 bits per heavy atom. The van der Waals surface area contributed by atoms with E-state index in [4.69, 9.17) is 29.4 Å². The van der Waals surface area contributed by atoms with Gasteiger partial charge in [-0.25, -0.2) is 4.79 Å². The molecule has 0 radical (unpaired) electrons. The number of carbonyl (C=O) groups excluding carboxylic acids is 3. The van der Waals surface area contributed by atoms with E-state index in [2.05, 4.69) is 0 Å². The molecule has 3 aliphatic heterocycles. The molecule has 10 nitrogen and oxygen atoms in total. The van der Waals surface area contributed by atoms with E-state index in [0.29, 0.717) is 0 Å². The molecule has 3 fully saturated rings. The van der Waals surface area contributed by atoms with Gasteiger partial charge in [0.05, 0.1) is 30.4 Å². The summed E-state index contributed by atoms with van der Waals surface area (Å²) in [6.45, 7) is 5.36. The van der Waals surface area contributed by atoms with Gasteiger partial charge in [0.15, 0.2) is 5.79 Å². The molecule has 246 valence electrons. The smallest absolute Gasteiger partial charge is 0.336 e. The highest BCUT2D eigenvalue weighted by Gasteiger charge is 2.58. The summed E-state index contributed by atoms with van der Waals surface area (Å²) in [5, 5.41) is 0. The number of benzene rings is 3. The zero-order chi connectivity index (χ0) is 33.3. The van der Waals surface area contributed by atoms with E-state index in [1.165, 1.54) is 7.05 Å². The van der Waals surface area contributed by atoms with E-state index in [1.807, 2.05) is 91.0 Å². The lowest BCUT2D eigenvalue weighted by atomic mass is 9.80. The van der Waals surface area contributed by atoms with Gasteiger partial charge in [0.25, 0.3) is 0 Å². The lowest BCUT2D eigenvalue weighted by molar-refractivity contribution is -0.191. The lowest BCUT2D eigenvalue weighted by Crippen LogP contribution is -2.39. The average molecular weight is 641 g/mol. The highest BCUT2D eigenvalue weighted by Crippen LogP contribution is 2.45. The van der Waals surface area contributed by atoms with Crippen molar-refractivity contribution in [1.29, 1.82) is 0 Å². The number of carbonyl (C=O) groups is 3. The van der Waals surface area contributed by atoms with Gasteiger partial charge in [0, 0.05) is 13.5 Å². The fraction of sp³-hybridized carbons (Fsp3) is 0.378. The second-order valence-electron chi connectivity index (χ2n) is 12.4. The quantitative estimate of drug-likeness (QED) is 0.151. The van der Waals surface area contributed by atoms with Crippen molar-refractivity contribution >= 4 is 17.8 Å². The van der Waals surface area contributed by atoms with Gasteiger partial charge < -0.3 is 29.4 Å². The predicted molar refractivity (Wildman–Crippen MR) is 171 cm³/mol. The van der Waals surface area contributed by atoms with Gasteiger partial charge in [0.2, 0.25) is 11.8 Å². The molecule has 10 heteroatoms. The fourth-order valence-electron chi connectivity index (χ4n) is 6.85. The maximum Gasteiger partial charge on any atom is 0.336 e. The molecule has 3 aliphatic rings. The van der Waals surface area contributed by atoms with Gasteiger partial charge in [-0.1, -0.05) is 91.0 Å². The van der Waals surface area contributed by atoms with Gasteiger partial charge in [-0.15, -0.1) is 0 Å². The first kappa shape index (κ1) is 32.6. The molecular weight excluding hydrogens is 600 g/mol. The van der Waals surface area contributed by atoms with Crippen LogP contribution in [-0.4, -0.2) is 73.1 Å². The molecule has 3 aromatic carbocycles. The van der Waals surface area contributed by atoms with Crippen molar-refractivity contribution in [1.82, 2.24) is 4.90 Å².